The van der Waals surface area contributed by atoms with E-state index in [1.54, 1.807) is 4.90 Å². The van der Waals surface area contributed by atoms with Crippen LogP contribution in [0.25, 0.3) is 0 Å². The number of nitrogens with one attached hydrogen (secondary N) is 1. The molecule has 1 saturated heterocycles. The molecular weight excluding hydrogens is 152 g/mol. The first kappa shape index (κ1) is 10.1. The lowest BCUT2D eigenvalue weighted by Gasteiger charge is -2.18. The second kappa shape index (κ2) is 5.87. The lowest BCUT2D eigenvalue weighted by atomic mass is 10.5. The zero-order valence-corrected chi connectivity index (χ0v) is 6.41. The molecule has 6 nitrogen and oxygen atoms in total. The Bertz CT molecular complexity index is 109. The average molecular weight is 164 g/mol. The summed E-state index contributed by atoms with van der Waals surface area (Å²) in [7, 11) is 2.20. The van der Waals surface area contributed by atoms with Crippen molar-refractivity contribution in [2.24, 2.45) is 0 Å². The third-order valence-electron chi connectivity index (χ3n) is 1.35. The van der Waals surface area contributed by atoms with E-state index >= 15 is 0 Å². The van der Waals surface area contributed by atoms with Crippen molar-refractivity contribution in [2.75, 3.05) is 33.4 Å². The van der Waals surface area contributed by atoms with Gasteiger partial charge in [0.2, 0.25) is 0 Å². The summed E-state index contributed by atoms with van der Waals surface area (Å²) < 4.78 is 5.12. The largest absolute Gasteiger partial charge is 0.370 e. The molecule has 0 spiro atoms. The Balaban J connectivity index is 0.000000218. The summed E-state index contributed by atoms with van der Waals surface area (Å²) in [4.78, 5) is 9.84. The number of rotatable bonds is 0. The fourth-order valence-corrected chi connectivity index (χ4v) is 0.720. The second-order valence-electron chi connectivity index (χ2n) is 2.29. The first-order valence-electron chi connectivity index (χ1n) is 3.33. The topological polar surface area (TPSA) is 79.9 Å². The van der Waals surface area contributed by atoms with Gasteiger partial charge >= 0.3 is 0 Å². The van der Waals surface area contributed by atoms with E-state index < -0.39 is 5.09 Å². The van der Waals surface area contributed by atoms with Crippen LogP contribution < -0.4 is 4.90 Å². The van der Waals surface area contributed by atoms with Gasteiger partial charge in [-0.2, -0.15) is 0 Å². The molecule has 0 radical (unpaired) electrons. The Hall–Kier alpha value is -0.880. The third-order valence-corrected chi connectivity index (χ3v) is 1.35. The van der Waals surface area contributed by atoms with Crippen LogP contribution in [0.2, 0.25) is 0 Å². The van der Waals surface area contributed by atoms with E-state index in [2.05, 4.69) is 7.05 Å². The van der Waals surface area contributed by atoms with E-state index in [0.29, 0.717) is 0 Å². The minimum absolute atomic E-state index is 0.950. The van der Waals surface area contributed by atoms with Crippen LogP contribution >= 0.6 is 0 Å². The van der Waals surface area contributed by atoms with Crippen molar-refractivity contribution in [3.05, 3.63) is 15.3 Å². The fraction of sp³-hybridized carbons (Fsp3) is 1.00. The molecule has 1 aliphatic heterocycles. The molecule has 0 saturated carbocycles. The maximum atomic E-state index is 8.25. The molecule has 0 amide bonds. The lowest BCUT2D eigenvalue weighted by molar-refractivity contribution is -0.888. The highest BCUT2D eigenvalue weighted by atomic mass is 16.9. The molecule has 1 N–H and O–H groups in total. The molecule has 6 heteroatoms. The van der Waals surface area contributed by atoms with Crippen molar-refractivity contribution in [2.45, 2.75) is 0 Å². The Kier molecular flexibility index (Phi) is 5.40. The number of hydrogen-bond donors (Lipinski definition) is 1. The minimum atomic E-state index is -1.75. The highest BCUT2D eigenvalue weighted by Gasteiger charge is 2.05. The molecule has 1 aliphatic rings. The van der Waals surface area contributed by atoms with Gasteiger partial charge in [0.25, 0.3) is 0 Å². The van der Waals surface area contributed by atoms with Crippen LogP contribution in [0.1, 0.15) is 0 Å². The van der Waals surface area contributed by atoms with Crippen LogP contribution in [0.15, 0.2) is 0 Å². The normalized spacial score (nSPS) is 18.3. The van der Waals surface area contributed by atoms with Crippen LogP contribution in [0.5, 0.6) is 0 Å². The lowest BCUT2D eigenvalue weighted by Crippen LogP contribution is -3.11. The molecular formula is C5H12N2O4. The molecule has 0 aliphatic carbocycles. The zero-order valence-electron chi connectivity index (χ0n) is 6.41. The molecule has 11 heavy (non-hydrogen) atoms. The average Bonchev–Trinajstić information content (AvgIpc) is 1.87. The number of morpholine rings is 1. The predicted octanol–water partition coefficient (Wildman–Crippen LogP) is -1.71. The first-order chi connectivity index (χ1) is 5.13. The Labute approximate surface area is 64.5 Å². The van der Waals surface area contributed by atoms with Crippen LogP contribution in [-0.2, 0) is 4.74 Å². The Morgan fingerprint density at radius 3 is 1.91 bits per heavy atom. The standard InChI is InChI=1S/C5H11NO.NO3/c1-6-2-4-7-5-3-6;2-1(3)4/h2-5H2,1H3;/q;-1/p+1. The van der Waals surface area contributed by atoms with E-state index in [0.717, 1.165) is 13.2 Å². The van der Waals surface area contributed by atoms with Crippen LogP contribution in [0.4, 0.5) is 0 Å². The summed E-state index contributed by atoms with van der Waals surface area (Å²) >= 11 is 0. The van der Waals surface area contributed by atoms with Crippen LogP contribution in [-0.4, -0.2) is 38.4 Å². The quantitative estimate of drug-likeness (QED) is 0.341. The molecule has 66 valence electrons. The SMILES string of the molecule is C[NH+]1CCOCC1.O=[N+]([O-])[O-]. The summed E-state index contributed by atoms with van der Waals surface area (Å²) in [5.74, 6) is 0. The van der Waals surface area contributed by atoms with Gasteiger partial charge in [0, 0.05) is 0 Å². The highest BCUT2D eigenvalue weighted by molar-refractivity contribution is 4.34. The number of ether oxygens (including phenoxy) is 1. The monoisotopic (exact) mass is 164 g/mol. The molecule has 0 bridgehead atoms. The van der Waals surface area contributed by atoms with Crippen molar-refractivity contribution in [3.8, 4) is 0 Å². The third kappa shape index (κ3) is 9.12. The van der Waals surface area contributed by atoms with E-state index in [1.807, 2.05) is 0 Å². The maximum absolute atomic E-state index is 8.25. The summed E-state index contributed by atoms with van der Waals surface area (Å²) in [5, 5.41) is 14.8. The predicted molar refractivity (Wildman–Crippen MR) is 37.8 cm³/mol. The van der Waals surface area contributed by atoms with E-state index in [-0.39, 0.29) is 0 Å². The highest BCUT2D eigenvalue weighted by Crippen LogP contribution is 1.71. The number of hydrogen-bond acceptors (Lipinski definition) is 4. The molecule has 0 aromatic carbocycles. The number of likely N-dealkylation sites (N-methyl/N-ethyl adjacent to an activating group) is 1. The molecule has 0 aromatic rings. The zero-order chi connectivity index (χ0) is 8.69. The van der Waals surface area contributed by atoms with Crippen LogP contribution in [0.3, 0.4) is 0 Å². The Morgan fingerprint density at radius 2 is 1.73 bits per heavy atom. The van der Waals surface area contributed by atoms with E-state index in [9.17, 15) is 0 Å². The van der Waals surface area contributed by atoms with Gasteiger partial charge in [-0.25, -0.2) is 0 Å². The van der Waals surface area contributed by atoms with Gasteiger partial charge in [-0.1, -0.05) is 0 Å². The van der Waals surface area contributed by atoms with Gasteiger partial charge < -0.3 is 25.0 Å². The Morgan fingerprint density at radius 1 is 1.36 bits per heavy atom. The van der Waals surface area contributed by atoms with Crippen molar-refractivity contribution >= 4 is 0 Å². The van der Waals surface area contributed by atoms with Crippen molar-refractivity contribution in [1.29, 1.82) is 0 Å². The van der Waals surface area contributed by atoms with E-state index in [4.69, 9.17) is 20.1 Å². The van der Waals surface area contributed by atoms with Crippen molar-refractivity contribution in [3.63, 3.8) is 0 Å². The van der Waals surface area contributed by atoms with Gasteiger partial charge in [-0.05, 0) is 0 Å². The molecule has 0 unspecified atom stereocenters. The number of quaternary nitrogens is 1. The smallest absolute Gasteiger partial charge is 0.101 e. The first-order valence-corrected chi connectivity index (χ1v) is 3.33. The molecule has 0 aromatic heterocycles. The molecule has 1 fully saturated rings. The van der Waals surface area contributed by atoms with Crippen LogP contribution in [0, 0.1) is 15.3 Å². The van der Waals surface area contributed by atoms with Gasteiger partial charge in [-0.15, -0.1) is 0 Å². The van der Waals surface area contributed by atoms with E-state index in [1.165, 1.54) is 13.1 Å². The summed E-state index contributed by atoms with van der Waals surface area (Å²) in [5.41, 5.74) is 0. The fourth-order valence-electron chi connectivity index (χ4n) is 0.720. The summed E-state index contributed by atoms with van der Waals surface area (Å²) in [6.45, 7) is 4.26. The minimum Gasteiger partial charge on any atom is -0.370 e. The van der Waals surface area contributed by atoms with Crippen molar-refractivity contribution < 1.29 is 14.7 Å². The van der Waals surface area contributed by atoms with Gasteiger partial charge in [-0.3, -0.25) is 0 Å². The summed E-state index contributed by atoms with van der Waals surface area (Å²) in [6, 6.07) is 0. The van der Waals surface area contributed by atoms with Gasteiger partial charge in [0.1, 0.15) is 13.1 Å². The second-order valence-corrected chi connectivity index (χ2v) is 2.29. The molecule has 0 atom stereocenters. The maximum Gasteiger partial charge on any atom is 0.101 e. The van der Waals surface area contributed by atoms with Gasteiger partial charge in [0.15, 0.2) is 0 Å². The van der Waals surface area contributed by atoms with Crippen molar-refractivity contribution in [1.82, 2.24) is 0 Å². The summed E-state index contributed by atoms with van der Waals surface area (Å²) in [6.07, 6.45) is 0. The molecule has 1 heterocycles. The van der Waals surface area contributed by atoms with Gasteiger partial charge in [0.05, 0.1) is 25.3 Å². The molecule has 1 rings (SSSR count). The number of nitrogens with zero attached hydrogens (tertiary/aromatic N) is 1.